The Morgan fingerprint density at radius 1 is 1.33 bits per heavy atom. The maximum atomic E-state index is 5.90. The van der Waals surface area contributed by atoms with Crippen molar-refractivity contribution in [1.82, 2.24) is 15.1 Å². The molecule has 2 aromatic rings. The molecule has 0 radical (unpaired) electrons. The predicted molar refractivity (Wildman–Crippen MR) is 74.9 cm³/mol. The SMILES string of the molecule is CNC(Cc1ccc(Cl)cc1)c1cnn(C)c1C. The summed E-state index contributed by atoms with van der Waals surface area (Å²) in [7, 11) is 3.95. The minimum atomic E-state index is 0.278. The fourth-order valence-electron chi connectivity index (χ4n) is 2.08. The minimum absolute atomic E-state index is 0.278. The Kier molecular flexibility index (Phi) is 4.04. The van der Waals surface area contributed by atoms with Gasteiger partial charge in [0.05, 0.1) is 6.20 Å². The first-order valence-electron chi connectivity index (χ1n) is 6.02. The first-order chi connectivity index (χ1) is 8.61. The second-order valence-corrected chi connectivity index (χ2v) is 4.92. The van der Waals surface area contributed by atoms with Crippen LogP contribution in [0, 0.1) is 6.92 Å². The van der Waals surface area contributed by atoms with E-state index in [1.54, 1.807) is 0 Å². The van der Waals surface area contributed by atoms with Gasteiger partial charge in [-0.1, -0.05) is 23.7 Å². The summed E-state index contributed by atoms with van der Waals surface area (Å²) in [5.41, 5.74) is 3.71. The van der Waals surface area contributed by atoms with Crippen molar-refractivity contribution in [1.29, 1.82) is 0 Å². The highest BCUT2D eigenvalue weighted by atomic mass is 35.5. The molecule has 4 heteroatoms. The zero-order chi connectivity index (χ0) is 13.1. The van der Waals surface area contributed by atoms with E-state index in [1.165, 1.54) is 16.8 Å². The quantitative estimate of drug-likeness (QED) is 0.919. The Bertz CT molecular complexity index is 516. The van der Waals surface area contributed by atoms with Crippen LogP contribution in [-0.2, 0) is 13.5 Å². The molecule has 0 saturated carbocycles. The Hall–Kier alpha value is -1.32. The molecule has 1 aromatic heterocycles. The molecule has 1 N–H and O–H groups in total. The van der Waals surface area contributed by atoms with E-state index >= 15 is 0 Å². The highest BCUT2D eigenvalue weighted by Crippen LogP contribution is 2.21. The van der Waals surface area contributed by atoms with Crippen molar-refractivity contribution in [3.8, 4) is 0 Å². The van der Waals surface area contributed by atoms with Crippen molar-refractivity contribution < 1.29 is 0 Å². The van der Waals surface area contributed by atoms with Crippen LogP contribution in [0.25, 0.3) is 0 Å². The standard InChI is InChI=1S/C14H18ClN3/c1-10-13(9-17-18(10)3)14(16-2)8-11-4-6-12(15)7-5-11/h4-7,9,14,16H,8H2,1-3H3. The summed E-state index contributed by atoms with van der Waals surface area (Å²) in [5, 5.41) is 8.42. The van der Waals surface area contributed by atoms with Crippen LogP contribution >= 0.6 is 11.6 Å². The van der Waals surface area contributed by atoms with Gasteiger partial charge in [-0.25, -0.2) is 0 Å². The number of nitrogens with one attached hydrogen (secondary N) is 1. The van der Waals surface area contributed by atoms with Crippen LogP contribution < -0.4 is 5.32 Å². The molecule has 1 aromatic carbocycles. The molecule has 18 heavy (non-hydrogen) atoms. The Morgan fingerprint density at radius 3 is 2.50 bits per heavy atom. The Labute approximate surface area is 113 Å². The maximum absolute atomic E-state index is 5.90. The van der Waals surface area contributed by atoms with Gasteiger partial charge >= 0.3 is 0 Å². The number of benzene rings is 1. The molecular weight excluding hydrogens is 246 g/mol. The number of aryl methyl sites for hydroxylation is 1. The lowest BCUT2D eigenvalue weighted by Crippen LogP contribution is -2.19. The smallest absolute Gasteiger partial charge is 0.0540 e. The van der Waals surface area contributed by atoms with Gasteiger partial charge in [0.1, 0.15) is 0 Å². The molecule has 1 atom stereocenters. The van der Waals surface area contributed by atoms with Gasteiger partial charge in [-0.15, -0.1) is 0 Å². The summed E-state index contributed by atoms with van der Waals surface area (Å²) in [4.78, 5) is 0. The number of rotatable bonds is 4. The van der Waals surface area contributed by atoms with Crippen molar-refractivity contribution in [3.05, 3.63) is 52.3 Å². The summed E-state index contributed by atoms with van der Waals surface area (Å²) >= 11 is 5.90. The second kappa shape index (κ2) is 5.55. The van der Waals surface area contributed by atoms with Crippen LogP contribution in [0.3, 0.4) is 0 Å². The number of nitrogens with zero attached hydrogens (tertiary/aromatic N) is 2. The highest BCUT2D eigenvalue weighted by Gasteiger charge is 2.15. The van der Waals surface area contributed by atoms with Crippen molar-refractivity contribution in [2.24, 2.45) is 7.05 Å². The zero-order valence-electron chi connectivity index (χ0n) is 10.9. The zero-order valence-corrected chi connectivity index (χ0v) is 11.7. The molecule has 1 heterocycles. The summed E-state index contributed by atoms with van der Waals surface area (Å²) < 4.78 is 1.90. The number of hydrogen-bond acceptors (Lipinski definition) is 2. The summed E-state index contributed by atoms with van der Waals surface area (Å²) in [6.45, 7) is 2.09. The van der Waals surface area contributed by atoms with Crippen LogP contribution in [-0.4, -0.2) is 16.8 Å². The van der Waals surface area contributed by atoms with Crippen LogP contribution in [0.15, 0.2) is 30.5 Å². The van der Waals surface area contributed by atoms with E-state index in [1.807, 2.05) is 37.1 Å². The maximum Gasteiger partial charge on any atom is 0.0540 e. The Balaban J connectivity index is 2.19. The lowest BCUT2D eigenvalue weighted by atomic mass is 10.00. The van der Waals surface area contributed by atoms with Crippen molar-refractivity contribution in [2.45, 2.75) is 19.4 Å². The molecule has 2 rings (SSSR count). The van der Waals surface area contributed by atoms with Crippen molar-refractivity contribution in [2.75, 3.05) is 7.05 Å². The summed E-state index contributed by atoms with van der Waals surface area (Å²) in [6, 6.07) is 8.27. The van der Waals surface area contributed by atoms with E-state index in [4.69, 9.17) is 11.6 Å². The lowest BCUT2D eigenvalue weighted by molar-refractivity contribution is 0.586. The van der Waals surface area contributed by atoms with Crippen LogP contribution in [0.5, 0.6) is 0 Å². The molecular formula is C14H18ClN3. The average Bonchev–Trinajstić information content (AvgIpc) is 2.70. The number of halogens is 1. The summed E-state index contributed by atoms with van der Waals surface area (Å²) in [5.74, 6) is 0. The topological polar surface area (TPSA) is 29.9 Å². The predicted octanol–water partition coefficient (Wildman–Crippen LogP) is 2.89. The summed E-state index contributed by atoms with van der Waals surface area (Å²) in [6.07, 6.45) is 2.87. The number of aromatic nitrogens is 2. The first-order valence-corrected chi connectivity index (χ1v) is 6.40. The van der Waals surface area contributed by atoms with E-state index < -0.39 is 0 Å². The van der Waals surface area contributed by atoms with Gasteiger partial charge in [0.15, 0.2) is 0 Å². The molecule has 0 spiro atoms. The average molecular weight is 264 g/mol. The van der Waals surface area contributed by atoms with E-state index in [2.05, 4.69) is 29.5 Å². The third-order valence-corrected chi connectivity index (χ3v) is 3.60. The molecule has 0 aliphatic heterocycles. The molecule has 96 valence electrons. The molecule has 1 unspecified atom stereocenters. The van der Waals surface area contributed by atoms with Gasteiger partial charge in [-0.05, 0) is 38.1 Å². The minimum Gasteiger partial charge on any atom is -0.313 e. The number of likely N-dealkylation sites (N-methyl/N-ethyl adjacent to an activating group) is 1. The fraction of sp³-hybridized carbons (Fsp3) is 0.357. The monoisotopic (exact) mass is 263 g/mol. The number of hydrogen-bond donors (Lipinski definition) is 1. The molecule has 3 nitrogen and oxygen atoms in total. The van der Waals surface area contributed by atoms with Gasteiger partial charge in [-0.3, -0.25) is 4.68 Å². The van der Waals surface area contributed by atoms with Gasteiger partial charge in [-0.2, -0.15) is 5.10 Å². The molecule has 0 fully saturated rings. The molecule has 0 aliphatic rings. The molecule has 0 bridgehead atoms. The van der Waals surface area contributed by atoms with Gasteiger partial charge in [0.25, 0.3) is 0 Å². The molecule has 0 amide bonds. The first kappa shape index (κ1) is 13.1. The van der Waals surface area contributed by atoms with Gasteiger partial charge in [0.2, 0.25) is 0 Å². The van der Waals surface area contributed by atoms with E-state index in [0.29, 0.717) is 0 Å². The van der Waals surface area contributed by atoms with Crippen LogP contribution in [0.2, 0.25) is 5.02 Å². The lowest BCUT2D eigenvalue weighted by Gasteiger charge is -2.16. The second-order valence-electron chi connectivity index (χ2n) is 4.48. The van der Waals surface area contributed by atoms with Gasteiger partial charge < -0.3 is 5.32 Å². The Morgan fingerprint density at radius 2 is 2.00 bits per heavy atom. The van der Waals surface area contributed by atoms with E-state index in [-0.39, 0.29) is 6.04 Å². The fourth-order valence-corrected chi connectivity index (χ4v) is 2.21. The third-order valence-electron chi connectivity index (χ3n) is 3.35. The normalized spacial score (nSPS) is 12.7. The van der Waals surface area contributed by atoms with Crippen LogP contribution in [0.1, 0.15) is 22.9 Å². The molecule has 0 aliphatic carbocycles. The van der Waals surface area contributed by atoms with Crippen LogP contribution in [0.4, 0.5) is 0 Å². The van der Waals surface area contributed by atoms with E-state index in [9.17, 15) is 0 Å². The van der Waals surface area contributed by atoms with Gasteiger partial charge in [0, 0.05) is 29.4 Å². The van der Waals surface area contributed by atoms with Crippen molar-refractivity contribution in [3.63, 3.8) is 0 Å². The largest absolute Gasteiger partial charge is 0.313 e. The third kappa shape index (κ3) is 2.74. The highest BCUT2D eigenvalue weighted by molar-refractivity contribution is 6.30. The molecule has 0 saturated heterocycles. The van der Waals surface area contributed by atoms with Crippen molar-refractivity contribution >= 4 is 11.6 Å². The van der Waals surface area contributed by atoms with E-state index in [0.717, 1.165) is 11.4 Å².